The van der Waals surface area contributed by atoms with Crippen molar-refractivity contribution >= 4 is 34.8 Å². The van der Waals surface area contributed by atoms with E-state index in [1.54, 1.807) is 0 Å². The number of thiocarbonyl (C=S) groups is 2. The molecule has 0 spiro atoms. The van der Waals surface area contributed by atoms with Crippen molar-refractivity contribution in [1.82, 2.24) is 10.4 Å². The quantitative estimate of drug-likeness (QED) is 0.497. The first-order valence-corrected chi connectivity index (χ1v) is 5.07. The van der Waals surface area contributed by atoms with Gasteiger partial charge in [0.15, 0.2) is 0 Å². The van der Waals surface area contributed by atoms with E-state index in [1.807, 2.05) is 5.01 Å². The molecule has 0 aromatic rings. The van der Waals surface area contributed by atoms with Crippen LogP contribution in [-0.2, 0) is 0 Å². The van der Waals surface area contributed by atoms with Crippen LogP contribution >= 0.6 is 24.4 Å². The number of nitrogens with two attached hydrogens (primary N) is 1. The second kappa shape index (κ2) is 7.72. The number of aliphatic hydroxyl groups excluding tert-OH is 2. The molecule has 1 rings (SSSR count). The first-order chi connectivity index (χ1) is 6.52. The second-order valence-electron chi connectivity index (χ2n) is 2.80. The fourth-order valence-corrected chi connectivity index (χ4v) is 1.27. The molecule has 1 saturated heterocycles. The van der Waals surface area contributed by atoms with Crippen molar-refractivity contribution in [2.75, 3.05) is 13.1 Å². The van der Waals surface area contributed by atoms with Gasteiger partial charge in [-0.25, -0.2) is 5.01 Å². The monoisotopic (exact) mass is 237 g/mol. The van der Waals surface area contributed by atoms with E-state index in [0.29, 0.717) is 0 Å². The summed E-state index contributed by atoms with van der Waals surface area (Å²) in [5, 5.41) is 17.6. The molecular formula is C7H15N3O2S2. The van der Waals surface area contributed by atoms with Crippen LogP contribution in [0.15, 0.2) is 0 Å². The van der Waals surface area contributed by atoms with Crippen molar-refractivity contribution in [3.8, 4) is 0 Å². The molecule has 5 nitrogen and oxygen atoms in total. The topological polar surface area (TPSA) is 81.8 Å². The van der Waals surface area contributed by atoms with Crippen LogP contribution in [0.1, 0.15) is 19.3 Å². The Morgan fingerprint density at radius 2 is 1.57 bits per heavy atom. The highest BCUT2D eigenvalue weighted by Crippen LogP contribution is 2.05. The minimum atomic E-state index is -0.500. The van der Waals surface area contributed by atoms with Crippen molar-refractivity contribution < 1.29 is 10.2 Å². The number of nitrogens with one attached hydrogen (secondary N) is 1. The summed E-state index contributed by atoms with van der Waals surface area (Å²) in [6.07, 6.45) is 3.67. The van der Waals surface area contributed by atoms with E-state index in [2.05, 4.69) is 35.6 Å². The van der Waals surface area contributed by atoms with Gasteiger partial charge in [-0.2, -0.15) is 0 Å². The predicted molar refractivity (Wildman–Crippen MR) is 63.2 cm³/mol. The maximum atomic E-state index is 8.68. The number of nitrogens with zero attached hydrogens (tertiary/aromatic N) is 1. The molecular weight excluding hydrogens is 222 g/mol. The summed E-state index contributed by atoms with van der Waals surface area (Å²) < 4.78 is 0. The van der Waals surface area contributed by atoms with Crippen LogP contribution in [0.3, 0.4) is 0 Å². The van der Waals surface area contributed by atoms with Gasteiger partial charge < -0.3 is 15.9 Å². The standard InChI is InChI=1S/C6H12N2OS.CH3NOS/c9-6(10)7-8-4-2-1-3-5-8;2-1(3)4/h1-5H2,(H2,7,9,10);(H3,2,3,4). The van der Waals surface area contributed by atoms with Gasteiger partial charge in [0.05, 0.1) is 0 Å². The number of piperidine rings is 1. The maximum absolute atomic E-state index is 8.68. The van der Waals surface area contributed by atoms with Gasteiger partial charge in [-0.15, -0.1) is 0 Å². The Morgan fingerprint density at radius 1 is 1.14 bits per heavy atom. The summed E-state index contributed by atoms with van der Waals surface area (Å²) in [7, 11) is 0. The average Bonchev–Trinajstić information content (AvgIpc) is 2.03. The first-order valence-electron chi connectivity index (χ1n) is 4.25. The minimum Gasteiger partial charge on any atom is -0.487 e. The summed E-state index contributed by atoms with van der Waals surface area (Å²) >= 11 is 8.35. The van der Waals surface area contributed by atoms with E-state index in [4.69, 9.17) is 10.2 Å². The molecule has 14 heavy (non-hydrogen) atoms. The fourth-order valence-electron chi connectivity index (χ4n) is 1.14. The molecule has 0 bridgehead atoms. The van der Waals surface area contributed by atoms with Crippen molar-refractivity contribution in [3.05, 3.63) is 0 Å². The summed E-state index contributed by atoms with van der Waals surface area (Å²) in [6.45, 7) is 1.97. The Bertz CT molecular complexity index is 191. The molecule has 0 amide bonds. The van der Waals surface area contributed by atoms with Crippen LogP contribution in [-0.4, -0.2) is 38.7 Å². The lowest BCUT2D eigenvalue weighted by atomic mass is 10.2. The van der Waals surface area contributed by atoms with Crippen LogP contribution in [0.2, 0.25) is 0 Å². The molecule has 82 valence electrons. The van der Waals surface area contributed by atoms with Gasteiger partial charge in [0.25, 0.3) is 10.3 Å². The Morgan fingerprint density at radius 3 is 1.93 bits per heavy atom. The normalized spacial score (nSPS) is 16.3. The van der Waals surface area contributed by atoms with Crippen LogP contribution in [0, 0.1) is 0 Å². The molecule has 1 aliphatic rings. The zero-order valence-corrected chi connectivity index (χ0v) is 9.40. The van der Waals surface area contributed by atoms with Gasteiger partial charge in [0.1, 0.15) is 0 Å². The molecule has 0 aromatic heterocycles. The minimum absolute atomic E-state index is 0.123. The van der Waals surface area contributed by atoms with Gasteiger partial charge in [-0.1, -0.05) is 6.42 Å². The lowest BCUT2D eigenvalue weighted by Gasteiger charge is -2.26. The molecule has 0 aromatic carbocycles. The number of aliphatic hydroxyl groups is 2. The van der Waals surface area contributed by atoms with Crippen molar-refractivity contribution in [3.63, 3.8) is 0 Å². The van der Waals surface area contributed by atoms with Crippen LogP contribution in [0.5, 0.6) is 0 Å². The predicted octanol–water partition coefficient (Wildman–Crippen LogP) is 0.608. The second-order valence-corrected chi connectivity index (χ2v) is 3.61. The lowest BCUT2D eigenvalue weighted by molar-refractivity contribution is 0.183. The van der Waals surface area contributed by atoms with Gasteiger partial charge in [-0.3, -0.25) is 5.43 Å². The third-order valence-electron chi connectivity index (χ3n) is 1.61. The van der Waals surface area contributed by atoms with Gasteiger partial charge in [0.2, 0.25) is 0 Å². The summed E-state index contributed by atoms with van der Waals surface area (Å²) in [5.41, 5.74) is 7.10. The molecule has 0 atom stereocenters. The van der Waals surface area contributed by atoms with E-state index < -0.39 is 5.17 Å². The van der Waals surface area contributed by atoms with Crippen molar-refractivity contribution in [1.29, 1.82) is 0 Å². The number of hydrogen-bond donors (Lipinski definition) is 4. The van der Waals surface area contributed by atoms with E-state index in [1.165, 1.54) is 19.3 Å². The first kappa shape index (κ1) is 13.3. The highest BCUT2D eigenvalue weighted by atomic mass is 32.1. The molecule has 0 saturated carbocycles. The van der Waals surface area contributed by atoms with E-state index in [9.17, 15) is 0 Å². The molecule has 1 fully saturated rings. The van der Waals surface area contributed by atoms with E-state index in [0.717, 1.165) is 13.1 Å². The van der Waals surface area contributed by atoms with Crippen LogP contribution in [0.4, 0.5) is 0 Å². The highest BCUT2D eigenvalue weighted by Gasteiger charge is 2.09. The van der Waals surface area contributed by atoms with E-state index >= 15 is 0 Å². The zero-order chi connectivity index (χ0) is 11.0. The highest BCUT2D eigenvalue weighted by molar-refractivity contribution is 7.80. The zero-order valence-electron chi connectivity index (χ0n) is 7.77. The van der Waals surface area contributed by atoms with E-state index in [-0.39, 0.29) is 5.17 Å². The molecule has 0 aliphatic carbocycles. The summed E-state index contributed by atoms with van der Waals surface area (Å²) in [4.78, 5) is 0. The van der Waals surface area contributed by atoms with Crippen LogP contribution in [0.25, 0.3) is 0 Å². The van der Waals surface area contributed by atoms with Gasteiger partial charge in [-0.05, 0) is 37.3 Å². The fraction of sp³-hybridized carbons (Fsp3) is 0.714. The lowest BCUT2D eigenvalue weighted by Crippen LogP contribution is -2.44. The maximum Gasteiger partial charge on any atom is 0.269 e. The largest absolute Gasteiger partial charge is 0.487 e. The Hall–Kier alpha value is -0.660. The smallest absolute Gasteiger partial charge is 0.269 e. The molecule has 5 N–H and O–H groups in total. The molecule has 0 radical (unpaired) electrons. The Kier molecular flexibility index (Phi) is 7.35. The van der Waals surface area contributed by atoms with Gasteiger partial charge in [0, 0.05) is 13.1 Å². The molecule has 1 aliphatic heterocycles. The summed E-state index contributed by atoms with van der Waals surface area (Å²) in [5.74, 6) is 0. The van der Waals surface area contributed by atoms with Crippen LogP contribution < -0.4 is 11.2 Å². The summed E-state index contributed by atoms with van der Waals surface area (Å²) in [6, 6.07) is 0. The van der Waals surface area contributed by atoms with Crippen molar-refractivity contribution in [2.45, 2.75) is 19.3 Å². The number of rotatable bonds is 1. The third-order valence-corrected chi connectivity index (χ3v) is 1.70. The van der Waals surface area contributed by atoms with Crippen molar-refractivity contribution in [2.24, 2.45) is 5.73 Å². The molecule has 1 heterocycles. The third kappa shape index (κ3) is 9.43. The molecule has 0 unspecified atom stereocenters. The Balaban J connectivity index is 0.000000364. The SMILES string of the molecule is NC(O)=S.OC(=S)NN1CCCCC1. The molecule has 7 heteroatoms. The number of hydrazine groups is 1. The number of hydrogen-bond acceptors (Lipinski definition) is 3. The average molecular weight is 237 g/mol. The van der Waals surface area contributed by atoms with Gasteiger partial charge >= 0.3 is 0 Å². The Labute approximate surface area is 93.9 Å².